The topological polar surface area (TPSA) is 98.8 Å². The van der Waals surface area contributed by atoms with Gasteiger partial charge in [0.05, 0.1) is 56.8 Å². The number of unbranched alkanes of at least 4 members (excludes halogenated alkanes) is 14. The number of ether oxygens (including phenoxy) is 7. The second-order valence-corrected chi connectivity index (χ2v) is 16.1. The maximum absolute atomic E-state index is 11.1. The second kappa shape index (κ2) is 51.5. The van der Waals surface area contributed by atoms with E-state index in [0.717, 1.165) is 97.2 Å². The number of hydrogen-bond acceptors (Lipinski definition) is 9. The van der Waals surface area contributed by atoms with E-state index in [1.165, 1.54) is 75.9 Å². The molecule has 0 saturated carbocycles. The summed E-state index contributed by atoms with van der Waals surface area (Å²) in [6.45, 7) is 39.0. The molecule has 0 aromatic rings. The Morgan fingerprint density at radius 1 is 0.441 bits per heavy atom. The van der Waals surface area contributed by atoms with Crippen LogP contribution in [-0.2, 0) is 42.7 Å². The van der Waals surface area contributed by atoms with Crippen LogP contribution in [0.3, 0.4) is 0 Å². The minimum atomic E-state index is -0.289. The monoisotopic (exact) mass is 841 g/mol. The van der Waals surface area contributed by atoms with Crippen LogP contribution in [-0.4, -0.2) is 76.0 Å². The van der Waals surface area contributed by atoms with Gasteiger partial charge >= 0.3 is 11.9 Å². The Bertz CT molecular complexity index is 943. The summed E-state index contributed by atoms with van der Waals surface area (Å²) in [7, 11) is 0. The summed E-state index contributed by atoms with van der Waals surface area (Å²) in [6.07, 6.45) is 26.7. The lowest BCUT2D eigenvalue weighted by Gasteiger charge is -2.07. The molecule has 59 heavy (non-hydrogen) atoms. The Morgan fingerprint density at radius 3 is 1.08 bits per heavy atom. The molecule has 0 aliphatic rings. The third kappa shape index (κ3) is 70.3. The van der Waals surface area contributed by atoms with Gasteiger partial charge in [-0.05, 0) is 140 Å². The highest BCUT2D eigenvalue weighted by molar-refractivity contribution is 5.86. The predicted molar refractivity (Wildman–Crippen MR) is 250 cm³/mol. The van der Waals surface area contributed by atoms with Crippen molar-refractivity contribution in [2.75, 3.05) is 39.6 Å². The molecule has 0 N–H and O–H groups in total. The maximum Gasteiger partial charge on any atom is 0.333 e. The van der Waals surface area contributed by atoms with Crippen LogP contribution >= 0.6 is 0 Å². The van der Waals surface area contributed by atoms with Gasteiger partial charge in [-0.15, -0.1) is 6.58 Å². The van der Waals surface area contributed by atoms with Gasteiger partial charge in [-0.2, -0.15) is 0 Å². The van der Waals surface area contributed by atoms with Crippen LogP contribution in [0.25, 0.3) is 0 Å². The van der Waals surface area contributed by atoms with Crippen molar-refractivity contribution in [3.63, 3.8) is 0 Å². The Kier molecular flexibility index (Phi) is 55.0. The van der Waals surface area contributed by atoms with E-state index in [2.05, 4.69) is 60.9 Å². The molecule has 0 amide bonds. The SMILES string of the molecule is C=C(C)C(=O)OCCCCCCOC(C)C.C=C(C)CCCCCCCCOC(C)C.C=COCCCCCCC(=O)OC(C)C.C=COCCCCCCOC(C)C. The highest BCUT2D eigenvalue weighted by Crippen LogP contribution is 2.11. The fourth-order valence-corrected chi connectivity index (χ4v) is 4.98. The summed E-state index contributed by atoms with van der Waals surface area (Å²) in [5.41, 5.74) is 1.78. The molecule has 0 unspecified atom stereocenters. The molecular weight excluding hydrogens is 745 g/mol. The first kappa shape index (κ1) is 63.0. The summed E-state index contributed by atoms with van der Waals surface area (Å²) in [6, 6.07) is 0. The fraction of sp³-hybridized carbons (Fsp3) is 0.800. The lowest BCUT2D eigenvalue weighted by molar-refractivity contribution is -0.147. The quantitative estimate of drug-likeness (QED) is 0.0199. The standard InChI is InChI=1S/C14H28O.C13H24O3.C12H22O3.C11H22O2/c1-13(2)11-9-7-5-6-8-10-12-15-14(3)4;1-11(2)13(14)16-10-8-6-5-7-9-15-12(3)4;1-4-14-10-8-6-5-7-9-12(13)15-11(2)3;1-4-12-9-7-5-6-8-10-13-11(2)3/h14H,1,5-12H2,2-4H3;12H,1,5-10H2,2-4H3;4,11H,1,5-10H2,2-3H3;4,11H,1,5-10H2,2-3H3. The smallest absolute Gasteiger partial charge is 0.333 e. The average molecular weight is 841 g/mol. The van der Waals surface area contributed by atoms with Gasteiger partial charge in [-0.25, -0.2) is 4.79 Å². The van der Waals surface area contributed by atoms with E-state index in [1.54, 1.807) is 6.92 Å². The summed E-state index contributed by atoms with van der Waals surface area (Å²) >= 11 is 0. The van der Waals surface area contributed by atoms with Crippen molar-refractivity contribution in [1.29, 1.82) is 0 Å². The van der Waals surface area contributed by atoms with Crippen LogP contribution in [0.2, 0.25) is 0 Å². The zero-order chi connectivity index (χ0) is 45.4. The number of hydrogen-bond donors (Lipinski definition) is 0. The second-order valence-electron chi connectivity index (χ2n) is 16.1. The minimum Gasteiger partial charge on any atom is -0.502 e. The first-order chi connectivity index (χ1) is 28.1. The Labute approximate surface area is 365 Å². The van der Waals surface area contributed by atoms with Crippen molar-refractivity contribution in [3.8, 4) is 0 Å². The number of rotatable bonds is 37. The first-order valence-corrected chi connectivity index (χ1v) is 23.1. The van der Waals surface area contributed by atoms with Gasteiger partial charge in [0.15, 0.2) is 0 Å². The van der Waals surface area contributed by atoms with E-state index in [9.17, 15) is 9.59 Å². The number of allylic oxidation sites excluding steroid dienone is 1. The van der Waals surface area contributed by atoms with Crippen LogP contribution in [0, 0.1) is 0 Å². The first-order valence-electron chi connectivity index (χ1n) is 23.1. The fourth-order valence-electron chi connectivity index (χ4n) is 4.98. The van der Waals surface area contributed by atoms with Crippen molar-refractivity contribution in [3.05, 3.63) is 50.0 Å². The molecule has 0 fully saturated rings. The zero-order valence-corrected chi connectivity index (χ0v) is 40.4. The van der Waals surface area contributed by atoms with Gasteiger partial charge in [0, 0.05) is 31.8 Å². The molecule has 0 heterocycles. The van der Waals surface area contributed by atoms with Gasteiger partial charge in [0.25, 0.3) is 0 Å². The average Bonchev–Trinajstić information content (AvgIpc) is 3.15. The molecule has 0 aromatic carbocycles. The van der Waals surface area contributed by atoms with Crippen LogP contribution in [0.1, 0.15) is 198 Å². The molecule has 0 saturated heterocycles. The van der Waals surface area contributed by atoms with Crippen molar-refractivity contribution in [2.45, 2.75) is 222 Å². The van der Waals surface area contributed by atoms with E-state index in [0.29, 0.717) is 36.9 Å². The summed E-state index contributed by atoms with van der Waals surface area (Å²) < 4.78 is 36.3. The van der Waals surface area contributed by atoms with Gasteiger partial charge < -0.3 is 33.2 Å². The highest BCUT2D eigenvalue weighted by Gasteiger charge is 2.05. The summed E-state index contributed by atoms with van der Waals surface area (Å²) in [5.74, 6) is -0.379. The molecule has 9 heteroatoms. The van der Waals surface area contributed by atoms with E-state index in [4.69, 9.17) is 33.2 Å². The molecule has 350 valence electrons. The Hall–Kier alpha value is -2.62. The zero-order valence-electron chi connectivity index (χ0n) is 40.4. The largest absolute Gasteiger partial charge is 0.502 e. The van der Waals surface area contributed by atoms with Gasteiger partial charge in [0.1, 0.15) is 0 Å². The lowest BCUT2D eigenvalue weighted by Crippen LogP contribution is -2.10. The molecule has 0 radical (unpaired) electrons. The number of carbonyl (C=O) groups excluding carboxylic acids is 2. The summed E-state index contributed by atoms with van der Waals surface area (Å²) in [5, 5.41) is 0. The highest BCUT2D eigenvalue weighted by atomic mass is 16.5. The Balaban J connectivity index is -0.000000343. The number of esters is 2. The van der Waals surface area contributed by atoms with Crippen LogP contribution in [0.4, 0.5) is 0 Å². The molecule has 0 spiro atoms. The maximum atomic E-state index is 11.1. The van der Waals surface area contributed by atoms with Crippen molar-refractivity contribution < 1.29 is 42.7 Å². The lowest BCUT2D eigenvalue weighted by atomic mass is 10.1. The molecular formula is C50H96O9. The summed E-state index contributed by atoms with van der Waals surface area (Å²) in [4.78, 5) is 22.1. The number of carbonyl (C=O) groups is 2. The van der Waals surface area contributed by atoms with Crippen LogP contribution < -0.4 is 0 Å². The molecule has 0 bridgehead atoms. The van der Waals surface area contributed by atoms with Gasteiger partial charge in [-0.3, -0.25) is 4.79 Å². The molecule has 9 nitrogen and oxygen atoms in total. The molecule has 0 rings (SSSR count). The third-order valence-electron chi connectivity index (χ3n) is 8.12. The molecule has 0 aromatic heterocycles. The normalized spacial score (nSPS) is 10.5. The molecule has 0 aliphatic heterocycles. The van der Waals surface area contributed by atoms with E-state index >= 15 is 0 Å². The van der Waals surface area contributed by atoms with Crippen LogP contribution in [0.15, 0.2) is 50.0 Å². The molecule has 0 aliphatic carbocycles. The van der Waals surface area contributed by atoms with Gasteiger partial charge in [-0.1, -0.05) is 76.7 Å². The van der Waals surface area contributed by atoms with E-state index in [1.807, 2.05) is 27.7 Å². The van der Waals surface area contributed by atoms with E-state index < -0.39 is 0 Å². The van der Waals surface area contributed by atoms with Crippen molar-refractivity contribution in [2.24, 2.45) is 0 Å². The van der Waals surface area contributed by atoms with Crippen molar-refractivity contribution >= 4 is 11.9 Å². The third-order valence-corrected chi connectivity index (χ3v) is 8.12. The Morgan fingerprint density at radius 2 is 0.763 bits per heavy atom. The molecule has 0 atom stereocenters. The van der Waals surface area contributed by atoms with E-state index in [-0.39, 0.29) is 18.0 Å². The minimum absolute atomic E-state index is 0.00140. The van der Waals surface area contributed by atoms with Crippen LogP contribution in [0.5, 0.6) is 0 Å². The van der Waals surface area contributed by atoms with Crippen molar-refractivity contribution in [1.82, 2.24) is 0 Å². The van der Waals surface area contributed by atoms with Gasteiger partial charge in [0.2, 0.25) is 0 Å². The predicted octanol–water partition coefficient (Wildman–Crippen LogP) is 14.0.